The van der Waals surface area contributed by atoms with Gasteiger partial charge in [-0.15, -0.1) is 11.8 Å². The fraction of sp³-hybridized carbons (Fsp3) is 0.267. The second kappa shape index (κ2) is 6.83. The Hall–Kier alpha value is -1.19. The standard InChI is InChI=1S/C15H16ClNOS/c1-11-9-13(18)6-4-8-15(17-11)19-10-12-5-2-3-7-14(12)16/h2-3,5-7,9,18H,4,8,10H2,1H3/b11-9-,13-6+,17-15+. The van der Waals surface area contributed by atoms with Crippen molar-refractivity contribution < 1.29 is 5.11 Å². The Balaban J connectivity index is 2.04. The number of thioether (sulfide) groups is 1. The Morgan fingerprint density at radius 3 is 2.95 bits per heavy atom. The van der Waals surface area contributed by atoms with Gasteiger partial charge in [0.25, 0.3) is 0 Å². The molecule has 2 rings (SSSR count). The van der Waals surface area contributed by atoms with Crippen LogP contribution in [-0.4, -0.2) is 10.2 Å². The van der Waals surface area contributed by atoms with E-state index >= 15 is 0 Å². The number of aliphatic hydroxyl groups is 1. The van der Waals surface area contributed by atoms with Crippen molar-refractivity contribution in [1.29, 1.82) is 0 Å². The summed E-state index contributed by atoms with van der Waals surface area (Å²) < 4.78 is 0. The molecule has 1 aromatic rings. The van der Waals surface area contributed by atoms with Gasteiger partial charge in [-0.1, -0.05) is 29.8 Å². The molecule has 1 aliphatic heterocycles. The van der Waals surface area contributed by atoms with Crippen molar-refractivity contribution in [3.8, 4) is 0 Å². The Morgan fingerprint density at radius 1 is 1.37 bits per heavy atom. The number of halogens is 1. The van der Waals surface area contributed by atoms with Crippen LogP contribution >= 0.6 is 23.4 Å². The Labute approximate surface area is 122 Å². The van der Waals surface area contributed by atoms with Crippen molar-refractivity contribution >= 4 is 28.4 Å². The van der Waals surface area contributed by atoms with Crippen LogP contribution in [0.2, 0.25) is 5.02 Å². The van der Waals surface area contributed by atoms with Gasteiger partial charge in [-0.05, 0) is 37.5 Å². The van der Waals surface area contributed by atoms with E-state index in [9.17, 15) is 5.11 Å². The highest BCUT2D eigenvalue weighted by atomic mass is 35.5. The van der Waals surface area contributed by atoms with Gasteiger partial charge in [0.1, 0.15) is 5.76 Å². The molecule has 0 radical (unpaired) electrons. The van der Waals surface area contributed by atoms with Crippen LogP contribution in [0.1, 0.15) is 25.3 Å². The quantitative estimate of drug-likeness (QED) is 0.821. The van der Waals surface area contributed by atoms with Gasteiger partial charge in [-0.3, -0.25) is 4.99 Å². The van der Waals surface area contributed by atoms with Gasteiger partial charge in [0.05, 0.1) is 5.04 Å². The number of hydrogen-bond acceptors (Lipinski definition) is 3. The second-order valence-electron chi connectivity index (χ2n) is 4.34. The zero-order chi connectivity index (χ0) is 13.7. The van der Waals surface area contributed by atoms with E-state index in [4.69, 9.17) is 11.6 Å². The molecule has 100 valence electrons. The average molecular weight is 294 g/mol. The molecule has 0 spiro atoms. The van der Waals surface area contributed by atoms with Crippen LogP contribution < -0.4 is 0 Å². The van der Waals surface area contributed by atoms with Crippen LogP contribution in [0.5, 0.6) is 0 Å². The topological polar surface area (TPSA) is 32.6 Å². The molecule has 0 unspecified atom stereocenters. The minimum absolute atomic E-state index is 0.302. The first kappa shape index (κ1) is 14.2. The number of benzene rings is 1. The predicted octanol–water partition coefficient (Wildman–Crippen LogP) is 5.11. The molecule has 0 saturated carbocycles. The molecule has 1 N–H and O–H groups in total. The third kappa shape index (κ3) is 4.44. The van der Waals surface area contributed by atoms with Gasteiger partial charge in [-0.2, -0.15) is 0 Å². The summed E-state index contributed by atoms with van der Waals surface area (Å²) in [6.45, 7) is 1.89. The fourth-order valence-corrected chi connectivity index (χ4v) is 3.11. The summed E-state index contributed by atoms with van der Waals surface area (Å²) in [4.78, 5) is 4.53. The Bertz CT molecular complexity index is 549. The number of rotatable bonds is 2. The molecule has 1 aliphatic rings. The summed E-state index contributed by atoms with van der Waals surface area (Å²) in [5.74, 6) is 1.12. The third-order valence-corrected chi connectivity index (χ3v) is 4.17. The molecule has 19 heavy (non-hydrogen) atoms. The molecule has 0 atom stereocenters. The third-order valence-electron chi connectivity index (χ3n) is 2.72. The highest BCUT2D eigenvalue weighted by molar-refractivity contribution is 8.13. The molecule has 4 heteroatoms. The van der Waals surface area contributed by atoms with Gasteiger partial charge in [0.15, 0.2) is 0 Å². The van der Waals surface area contributed by atoms with Crippen molar-refractivity contribution in [3.63, 3.8) is 0 Å². The molecule has 0 bridgehead atoms. The van der Waals surface area contributed by atoms with Crippen LogP contribution in [-0.2, 0) is 5.75 Å². The van der Waals surface area contributed by atoms with Crippen LogP contribution in [0.15, 0.2) is 52.9 Å². The van der Waals surface area contributed by atoms with E-state index in [1.54, 1.807) is 17.8 Å². The van der Waals surface area contributed by atoms with E-state index in [2.05, 4.69) is 4.99 Å². The molecule has 0 aliphatic carbocycles. The maximum absolute atomic E-state index is 9.51. The maximum Gasteiger partial charge on any atom is 0.113 e. The van der Waals surface area contributed by atoms with Gasteiger partial charge >= 0.3 is 0 Å². The number of hydrogen-bond donors (Lipinski definition) is 1. The summed E-state index contributed by atoms with van der Waals surface area (Å²) in [5, 5.41) is 11.4. The molecule has 1 heterocycles. The number of nitrogens with zero attached hydrogens (tertiary/aromatic N) is 1. The van der Waals surface area contributed by atoms with E-state index in [1.807, 2.05) is 37.3 Å². The van der Waals surface area contributed by atoms with Gasteiger partial charge in [0, 0.05) is 22.5 Å². The van der Waals surface area contributed by atoms with Crippen LogP contribution in [0.25, 0.3) is 0 Å². The minimum atomic E-state index is 0.302. The summed E-state index contributed by atoms with van der Waals surface area (Å²) >= 11 is 7.85. The first-order valence-corrected chi connectivity index (χ1v) is 7.52. The second-order valence-corrected chi connectivity index (χ2v) is 5.79. The maximum atomic E-state index is 9.51. The van der Waals surface area contributed by atoms with E-state index < -0.39 is 0 Å². The fourth-order valence-electron chi connectivity index (χ4n) is 1.78. The zero-order valence-corrected chi connectivity index (χ0v) is 12.3. The smallest absolute Gasteiger partial charge is 0.113 e. The van der Waals surface area contributed by atoms with Crippen molar-refractivity contribution in [1.82, 2.24) is 0 Å². The molecular weight excluding hydrogens is 278 g/mol. The SMILES string of the molecule is CC1=C/C(O)=C\CC/C(SCc2ccccc2Cl)=N\1. The van der Waals surface area contributed by atoms with Gasteiger partial charge in [0.2, 0.25) is 0 Å². The van der Waals surface area contributed by atoms with Crippen LogP contribution in [0.3, 0.4) is 0 Å². The number of aliphatic imine (C=N–C) groups is 1. The molecule has 1 aromatic carbocycles. The summed E-state index contributed by atoms with van der Waals surface area (Å²) in [6, 6.07) is 7.87. The summed E-state index contributed by atoms with van der Waals surface area (Å²) in [5.41, 5.74) is 1.95. The highest BCUT2D eigenvalue weighted by Gasteiger charge is 2.06. The minimum Gasteiger partial charge on any atom is -0.508 e. The first-order chi connectivity index (χ1) is 9.15. The zero-order valence-electron chi connectivity index (χ0n) is 10.8. The number of allylic oxidation sites excluding steroid dienone is 3. The largest absolute Gasteiger partial charge is 0.508 e. The first-order valence-electron chi connectivity index (χ1n) is 6.16. The lowest BCUT2D eigenvalue weighted by Crippen LogP contribution is -1.97. The molecule has 0 saturated heterocycles. The Morgan fingerprint density at radius 2 is 2.16 bits per heavy atom. The van der Waals surface area contributed by atoms with Crippen molar-refractivity contribution in [2.75, 3.05) is 0 Å². The lowest BCUT2D eigenvalue weighted by atomic mass is 10.2. The van der Waals surface area contributed by atoms with Gasteiger partial charge < -0.3 is 5.11 Å². The van der Waals surface area contributed by atoms with Gasteiger partial charge in [-0.25, -0.2) is 0 Å². The Kier molecular flexibility index (Phi) is 5.11. The molecule has 0 fully saturated rings. The van der Waals surface area contributed by atoms with Crippen molar-refractivity contribution in [2.45, 2.75) is 25.5 Å². The monoisotopic (exact) mass is 293 g/mol. The van der Waals surface area contributed by atoms with Crippen LogP contribution in [0.4, 0.5) is 0 Å². The molecule has 2 nitrogen and oxygen atoms in total. The van der Waals surface area contributed by atoms with Crippen molar-refractivity contribution in [3.05, 3.63) is 58.5 Å². The average Bonchev–Trinajstić information content (AvgIpc) is 2.35. The molecule has 0 amide bonds. The van der Waals surface area contributed by atoms with Crippen molar-refractivity contribution in [2.24, 2.45) is 4.99 Å². The van der Waals surface area contributed by atoms with E-state index in [1.165, 1.54) is 0 Å². The predicted molar refractivity (Wildman–Crippen MR) is 83.9 cm³/mol. The van der Waals surface area contributed by atoms with E-state index in [0.29, 0.717) is 5.76 Å². The lowest BCUT2D eigenvalue weighted by Gasteiger charge is -2.09. The van der Waals surface area contributed by atoms with E-state index in [0.717, 1.165) is 39.9 Å². The molecule has 0 aromatic heterocycles. The number of aliphatic hydroxyl groups excluding tert-OH is 1. The molecular formula is C15H16ClNOS. The normalized spacial score (nSPS) is 24.2. The summed E-state index contributed by atoms with van der Waals surface area (Å²) in [6.07, 6.45) is 5.18. The van der Waals surface area contributed by atoms with Crippen LogP contribution in [0, 0.1) is 0 Å². The summed E-state index contributed by atoms with van der Waals surface area (Å²) in [7, 11) is 0. The highest BCUT2D eigenvalue weighted by Crippen LogP contribution is 2.24. The lowest BCUT2D eigenvalue weighted by molar-refractivity contribution is 0.428. The van der Waals surface area contributed by atoms with E-state index in [-0.39, 0.29) is 0 Å².